The molecule has 2 unspecified atom stereocenters. The molecule has 0 spiro atoms. The van der Waals surface area contributed by atoms with Gasteiger partial charge in [0.2, 0.25) is 0 Å². The number of carboxylic acids is 1. The van der Waals surface area contributed by atoms with Gasteiger partial charge in [-0.1, -0.05) is 0 Å². The highest BCUT2D eigenvalue weighted by molar-refractivity contribution is 7.09. The van der Waals surface area contributed by atoms with Crippen molar-refractivity contribution in [2.24, 2.45) is 5.92 Å². The molecule has 5 heteroatoms. The molecule has 1 aromatic heterocycles. The van der Waals surface area contributed by atoms with Gasteiger partial charge in [-0.15, -0.1) is 11.3 Å². The van der Waals surface area contributed by atoms with Gasteiger partial charge in [-0.3, -0.25) is 9.69 Å². The predicted molar refractivity (Wildman–Crippen MR) is 62.3 cm³/mol. The average Bonchev–Trinajstić information content (AvgIpc) is 2.73. The summed E-state index contributed by atoms with van der Waals surface area (Å²) in [6.45, 7) is 3.81. The van der Waals surface area contributed by atoms with E-state index in [2.05, 4.69) is 16.8 Å². The number of hydrogen-bond donors (Lipinski definition) is 1. The fourth-order valence-corrected chi connectivity index (χ4v) is 2.83. The maximum Gasteiger partial charge on any atom is 0.306 e. The Morgan fingerprint density at radius 1 is 1.75 bits per heavy atom. The zero-order chi connectivity index (χ0) is 11.5. The third-order valence-electron chi connectivity index (χ3n) is 3.18. The minimum Gasteiger partial charge on any atom is -0.481 e. The van der Waals surface area contributed by atoms with E-state index in [0.717, 1.165) is 30.9 Å². The minimum absolute atomic E-state index is 0.164. The first-order valence-electron chi connectivity index (χ1n) is 5.52. The molecule has 1 aliphatic heterocycles. The Morgan fingerprint density at radius 3 is 3.12 bits per heavy atom. The van der Waals surface area contributed by atoms with E-state index in [0.29, 0.717) is 6.04 Å². The van der Waals surface area contributed by atoms with Gasteiger partial charge >= 0.3 is 5.97 Å². The van der Waals surface area contributed by atoms with Crippen molar-refractivity contribution in [2.45, 2.75) is 32.4 Å². The standard InChI is InChI=1S/C11H16N2O2S/c1-8-6-9(11(14)15)2-4-13(8)7-10-12-3-5-16-10/h3,5,8-9H,2,4,6-7H2,1H3,(H,14,15). The van der Waals surface area contributed by atoms with Gasteiger partial charge in [0.15, 0.2) is 0 Å². The molecule has 88 valence electrons. The summed E-state index contributed by atoms with van der Waals surface area (Å²) in [7, 11) is 0. The highest BCUT2D eigenvalue weighted by Crippen LogP contribution is 2.24. The van der Waals surface area contributed by atoms with Crippen LogP contribution < -0.4 is 0 Å². The summed E-state index contributed by atoms with van der Waals surface area (Å²) in [6, 6.07) is 0.332. The fourth-order valence-electron chi connectivity index (χ4n) is 2.18. The van der Waals surface area contributed by atoms with Crippen molar-refractivity contribution in [3.8, 4) is 0 Å². The van der Waals surface area contributed by atoms with Crippen molar-refractivity contribution in [2.75, 3.05) is 6.54 Å². The number of thiazole rings is 1. The average molecular weight is 240 g/mol. The van der Waals surface area contributed by atoms with Gasteiger partial charge < -0.3 is 5.11 Å². The predicted octanol–water partition coefficient (Wildman–Crippen LogP) is 1.83. The van der Waals surface area contributed by atoms with E-state index in [1.165, 1.54) is 0 Å². The zero-order valence-corrected chi connectivity index (χ0v) is 10.1. The Bertz CT molecular complexity index is 353. The maximum atomic E-state index is 10.9. The highest BCUT2D eigenvalue weighted by atomic mass is 32.1. The number of rotatable bonds is 3. The molecule has 1 aromatic rings. The third-order valence-corrected chi connectivity index (χ3v) is 3.95. The summed E-state index contributed by atoms with van der Waals surface area (Å²) >= 11 is 1.66. The van der Waals surface area contributed by atoms with Crippen LogP contribution in [0.1, 0.15) is 24.8 Å². The second kappa shape index (κ2) is 4.93. The molecule has 2 atom stereocenters. The van der Waals surface area contributed by atoms with Crippen LogP contribution in [0.4, 0.5) is 0 Å². The SMILES string of the molecule is CC1CC(C(=O)O)CCN1Cc1nccs1. The fraction of sp³-hybridized carbons (Fsp3) is 0.636. The van der Waals surface area contributed by atoms with Crippen LogP contribution in [0.15, 0.2) is 11.6 Å². The molecule has 2 heterocycles. The highest BCUT2D eigenvalue weighted by Gasteiger charge is 2.29. The molecular weight excluding hydrogens is 224 g/mol. The van der Waals surface area contributed by atoms with E-state index in [-0.39, 0.29) is 5.92 Å². The maximum absolute atomic E-state index is 10.9. The number of aliphatic carboxylic acids is 1. The lowest BCUT2D eigenvalue weighted by molar-refractivity contribution is -0.144. The van der Waals surface area contributed by atoms with Gasteiger partial charge in [0.1, 0.15) is 5.01 Å². The number of aromatic nitrogens is 1. The largest absolute Gasteiger partial charge is 0.481 e. The van der Waals surface area contributed by atoms with Crippen LogP contribution in [0.5, 0.6) is 0 Å². The number of piperidine rings is 1. The van der Waals surface area contributed by atoms with Crippen LogP contribution in [0.3, 0.4) is 0 Å². The molecule has 0 aliphatic carbocycles. The van der Waals surface area contributed by atoms with Crippen LogP contribution in [-0.2, 0) is 11.3 Å². The number of carbonyl (C=O) groups is 1. The van der Waals surface area contributed by atoms with E-state index < -0.39 is 5.97 Å². The first kappa shape index (κ1) is 11.5. The normalized spacial score (nSPS) is 26.8. The van der Waals surface area contributed by atoms with E-state index in [9.17, 15) is 4.79 Å². The lowest BCUT2D eigenvalue weighted by Crippen LogP contribution is -2.42. The first-order chi connectivity index (χ1) is 7.66. The van der Waals surface area contributed by atoms with E-state index in [1.807, 2.05) is 11.6 Å². The van der Waals surface area contributed by atoms with Gasteiger partial charge in [-0.2, -0.15) is 0 Å². The number of nitrogens with zero attached hydrogens (tertiary/aromatic N) is 2. The minimum atomic E-state index is -0.652. The first-order valence-corrected chi connectivity index (χ1v) is 6.40. The molecule has 1 saturated heterocycles. The molecule has 0 bridgehead atoms. The van der Waals surface area contributed by atoms with Gasteiger partial charge in [0.25, 0.3) is 0 Å². The Balaban J connectivity index is 1.91. The van der Waals surface area contributed by atoms with Crippen molar-refractivity contribution in [1.82, 2.24) is 9.88 Å². The van der Waals surface area contributed by atoms with Crippen LogP contribution >= 0.6 is 11.3 Å². The molecule has 4 nitrogen and oxygen atoms in total. The number of carboxylic acid groups (broad SMARTS) is 1. The Morgan fingerprint density at radius 2 is 2.56 bits per heavy atom. The second-order valence-corrected chi connectivity index (χ2v) is 5.28. The lowest BCUT2D eigenvalue weighted by Gasteiger charge is -2.35. The van der Waals surface area contributed by atoms with Crippen molar-refractivity contribution < 1.29 is 9.90 Å². The Labute approximate surface area is 98.9 Å². The second-order valence-electron chi connectivity index (χ2n) is 4.30. The quantitative estimate of drug-likeness (QED) is 0.875. The van der Waals surface area contributed by atoms with Crippen LogP contribution in [-0.4, -0.2) is 33.5 Å². The summed E-state index contributed by atoms with van der Waals surface area (Å²) in [5.74, 6) is -0.816. The molecule has 2 rings (SSSR count). The van der Waals surface area contributed by atoms with Crippen molar-refractivity contribution in [3.63, 3.8) is 0 Å². The van der Waals surface area contributed by atoms with E-state index in [1.54, 1.807) is 11.3 Å². The van der Waals surface area contributed by atoms with Gasteiger partial charge in [-0.25, -0.2) is 4.98 Å². The van der Waals surface area contributed by atoms with Crippen molar-refractivity contribution >= 4 is 17.3 Å². The third kappa shape index (κ3) is 2.59. The molecule has 1 aliphatic rings. The van der Waals surface area contributed by atoms with E-state index >= 15 is 0 Å². The summed E-state index contributed by atoms with van der Waals surface area (Å²) in [5.41, 5.74) is 0. The summed E-state index contributed by atoms with van der Waals surface area (Å²) in [5, 5.41) is 12.1. The molecule has 0 amide bonds. The van der Waals surface area contributed by atoms with Gasteiger partial charge in [0.05, 0.1) is 12.5 Å². The molecule has 16 heavy (non-hydrogen) atoms. The summed E-state index contributed by atoms with van der Waals surface area (Å²) in [4.78, 5) is 17.5. The van der Waals surface area contributed by atoms with Crippen molar-refractivity contribution in [1.29, 1.82) is 0 Å². The molecule has 1 fully saturated rings. The summed E-state index contributed by atoms with van der Waals surface area (Å²) in [6.07, 6.45) is 3.32. The molecule has 0 aromatic carbocycles. The smallest absolute Gasteiger partial charge is 0.306 e. The van der Waals surface area contributed by atoms with E-state index in [4.69, 9.17) is 5.11 Å². The number of hydrogen-bond acceptors (Lipinski definition) is 4. The molecule has 0 saturated carbocycles. The van der Waals surface area contributed by atoms with Gasteiger partial charge in [-0.05, 0) is 26.3 Å². The molecule has 1 N–H and O–H groups in total. The topological polar surface area (TPSA) is 53.4 Å². The Kier molecular flexibility index (Phi) is 3.56. The van der Waals surface area contributed by atoms with Crippen molar-refractivity contribution in [3.05, 3.63) is 16.6 Å². The molecule has 0 radical (unpaired) electrons. The number of likely N-dealkylation sites (tertiary alicyclic amines) is 1. The Hall–Kier alpha value is -0.940. The van der Waals surface area contributed by atoms with Crippen LogP contribution in [0, 0.1) is 5.92 Å². The van der Waals surface area contributed by atoms with Gasteiger partial charge in [0, 0.05) is 17.6 Å². The monoisotopic (exact) mass is 240 g/mol. The molecular formula is C11H16N2O2S. The lowest BCUT2D eigenvalue weighted by atomic mass is 9.92. The zero-order valence-electron chi connectivity index (χ0n) is 9.30. The van der Waals surface area contributed by atoms with Crippen LogP contribution in [0.2, 0.25) is 0 Å². The summed E-state index contributed by atoms with van der Waals surface area (Å²) < 4.78 is 0. The van der Waals surface area contributed by atoms with Crippen LogP contribution in [0.25, 0.3) is 0 Å².